The maximum absolute atomic E-state index is 12.0. The van der Waals surface area contributed by atoms with Crippen LogP contribution in [-0.2, 0) is 0 Å². The highest BCUT2D eigenvalue weighted by Gasteiger charge is 2.32. The summed E-state index contributed by atoms with van der Waals surface area (Å²) < 4.78 is 39.7. The lowest BCUT2D eigenvalue weighted by Crippen LogP contribution is -2.21. The van der Waals surface area contributed by atoms with Crippen LogP contribution in [0.4, 0.5) is 13.2 Å². The lowest BCUT2D eigenvalue weighted by Gasteiger charge is -2.16. The molecule has 3 nitrogen and oxygen atoms in total. The molecule has 7 heteroatoms. The van der Waals surface area contributed by atoms with Gasteiger partial charge in [-0.1, -0.05) is 18.2 Å². The number of halogens is 4. The molecule has 0 fully saturated rings. The van der Waals surface area contributed by atoms with E-state index in [4.69, 9.17) is 10.8 Å². The summed E-state index contributed by atoms with van der Waals surface area (Å²) in [5.41, 5.74) is 5.54. The Bertz CT molecular complexity index is 333. The van der Waals surface area contributed by atoms with Gasteiger partial charge in [0.2, 0.25) is 0 Å². The van der Waals surface area contributed by atoms with E-state index < -0.39 is 19.0 Å². The third kappa shape index (κ3) is 4.26. The second-order valence-electron chi connectivity index (χ2n) is 2.87. The smallest absolute Gasteiger partial charge is 0.405 e. The molecule has 16 heavy (non-hydrogen) atoms. The Morgan fingerprint density at radius 2 is 1.88 bits per heavy atom. The summed E-state index contributed by atoms with van der Waals surface area (Å²) in [7, 11) is 0. The van der Waals surface area contributed by atoms with Crippen LogP contribution in [0.5, 0.6) is 5.75 Å². The molecule has 0 spiro atoms. The minimum absolute atomic E-state index is 0. The molecule has 0 unspecified atom stereocenters. The van der Waals surface area contributed by atoms with Crippen molar-refractivity contribution >= 4 is 12.4 Å². The first-order valence-electron chi connectivity index (χ1n) is 4.15. The summed E-state index contributed by atoms with van der Waals surface area (Å²) in [5, 5.41) is 8.75. The molecule has 92 valence electrons. The molecule has 0 aliphatic carbocycles. The molecule has 1 rings (SSSR count). The topological polar surface area (TPSA) is 55.5 Å². The van der Waals surface area contributed by atoms with Crippen molar-refractivity contribution in [3.8, 4) is 5.75 Å². The first kappa shape index (κ1) is 15.0. The predicted molar refractivity (Wildman–Crippen MR) is 54.4 cm³/mol. The largest absolute Gasteiger partial charge is 0.573 e. The summed E-state index contributed by atoms with van der Waals surface area (Å²) in [4.78, 5) is 0. The zero-order valence-corrected chi connectivity index (χ0v) is 8.89. The number of hydrogen-bond acceptors (Lipinski definition) is 3. The minimum atomic E-state index is -4.76. The fourth-order valence-electron chi connectivity index (χ4n) is 1.10. The van der Waals surface area contributed by atoms with Crippen molar-refractivity contribution in [2.24, 2.45) is 5.73 Å². The number of ether oxygens (including phenoxy) is 1. The van der Waals surface area contributed by atoms with Crippen LogP contribution < -0.4 is 10.5 Å². The fraction of sp³-hybridized carbons (Fsp3) is 0.333. The number of aliphatic hydroxyl groups is 1. The van der Waals surface area contributed by atoms with Gasteiger partial charge >= 0.3 is 6.36 Å². The van der Waals surface area contributed by atoms with Gasteiger partial charge in [0.15, 0.2) is 0 Å². The zero-order valence-electron chi connectivity index (χ0n) is 8.07. The minimum Gasteiger partial charge on any atom is -0.405 e. The van der Waals surface area contributed by atoms with Crippen LogP contribution in [0.3, 0.4) is 0 Å². The monoisotopic (exact) mass is 257 g/mol. The number of alkyl halides is 3. The average molecular weight is 258 g/mol. The second kappa shape index (κ2) is 5.93. The van der Waals surface area contributed by atoms with E-state index in [2.05, 4.69) is 4.74 Å². The molecule has 1 atom stereocenters. The maximum atomic E-state index is 12.0. The van der Waals surface area contributed by atoms with Crippen LogP contribution in [0.25, 0.3) is 0 Å². The van der Waals surface area contributed by atoms with Gasteiger partial charge in [-0.05, 0) is 6.07 Å². The average Bonchev–Trinajstić information content (AvgIpc) is 2.15. The SMILES string of the molecule is Cl.N[C@H](CO)c1ccccc1OC(F)(F)F. The van der Waals surface area contributed by atoms with Gasteiger partial charge in [0.05, 0.1) is 12.6 Å². The second-order valence-corrected chi connectivity index (χ2v) is 2.87. The maximum Gasteiger partial charge on any atom is 0.573 e. The molecular weight excluding hydrogens is 247 g/mol. The number of para-hydroxylation sites is 1. The molecule has 0 saturated heterocycles. The van der Waals surface area contributed by atoms with Crippen LogP contribution in [0.2, 0.25) is 0 Å². The van der Waals surface area contributed by atoms with Crippen molar-refractivity contribution in [2.45, 2.75) is 12.4 Å². The quantitative estimate of drug-likeness (QED) is 0.871. The summed E-state index contributed by atoms with van der Waals surface area (Å²) in [5.74, 6) is -0.383. The van der Waals surface area contributed by atoms with Gasteiger partial charge in [0.25, 0.3) is 0 Å². The van der Waals surface area contributed by atoms with Crippen LogP contribution in [0, 0.1) is 0 Å². The van der Waals surface area contributed by atoms with E-state index in [0.29, 0.717) is 0 Å². The highest BCUT2D eigenvalue weighted by atomic mass is 35.5. The van der Waals surface area contributed by atoms with Gasteiger partial charge in [-0.25, -0.2) is 0 Å². The third-order valence-electron chi connectivity index (χ3n) is 1.74. The number of nitrogens with two attached hydrogens (primary N) is 1. The number of benzene rings is 1. The Kier molecular flexibility index (Phi) is 5.57. The summed E-state index contributed by atoms with van der Waals surface area (Å²) >= 11 is 0. The predicted octanol–water partition coefficient (Wildman–Crippen LogP) is 2.00. The molecule has 0 radical (unpaired) electrons. The van der Waals surface area contributed by atoms with Crippen LogP contribution >= 0.6 is 12.4 Å². The molecule has 1 aromatic rings. The van der Waals surface area contributed by atoms with E-state index in [1.807, 2.05) is 0 Å². The zero-order chi connectivity index (χ0) is 11.5. The van der Waals surface area contributed by atoms with Crippen molar-refractivity contribution in [1.29, 1.82) is 0 Å². The Balaban J connectivity index is 0.00000225. The normalized spacial score (nSPS) is 12.8. The molecule has 0 aliphatic heterocycles. The van der Waals surface area contributed by atoms with Gasteiger partial charge in [0, 0.05) is 5.56 Å². The van der Waals surface area contributed by atoms with Crippen molar-refractivity contribution in [2.75, 3.05) is 6.61 Å². The van der Waals surface area contributed by atoms with Crippen LogP contribution in [0.1, 0.15) is 11.6 Å². The Morgan fingerprint density at radius 3 is 2.38 bits per heavy atom. The Labute approximate surface area is 96.4 Å². The summed E-state index contributed by atoms with van der Waals surface area (Å²) in [6.45, 7) is -0.446. The Morgan fingerprint density at radius 1 is 1.31 bits per heavy atom. The van der Waals surface area contributed by atoms with Crippen LogP contribution in [0.15, 0.2) is 24.3 Å². The highest BCUT2D eigenvalue weighted by molar-refractivity contribution is 5.85. The molecule has 0 aromatic heterocycles. The van der Waals surface area contributed by atoms with E-state index in [-0.39, 0.29) is 23.7 Å². The van der Waals surface area contributed by atoms with Gasteiger partial charge in [-0.3, -0.25) is 0 Å². The molecule has 0 amide bonds. The lowest BCUT2D eigenvalue weighted by molar-refractivity contribution is -0.275. The van der Waals surface area contributed by atoms with E-state index in [0.717, 1.165) is 6.07 Å². The van der Waals surface area contributed by atoms with Crippen molar-refractivity contribution in [1.82, 2.24) is 0 Å². The highest BCUT2D eigenvalue weighted by Crippen LogP contribution is 2.28. The number of rotatable bonds is 3. The molecule has 3 N–H and O–H groups in total. The first-order chi connectivity index (χ1) is 6.94. The molecule has 0 heterocycles. The number of hydrogen-bond donors (Lipinski definition) is 2. The molecule has 0 saturated carbocycles. The van der Waals surface area contributed by atoms with Gasteiger partial charge in [-0.2, -0.15) is 0 Å². The standard InChI is InChI=1S/C9H10F3NO2.ClH/c10-9(11,12)15-8-4-2-1-3-6(8)7(13)5-14;/h1-4,7,14H,5,13H2;1H/t7-;/m1./s1. The van der Waals surface area contributed by atoms with E-state index in [9.17, 15) is 13.2 Å². The van der Waals surface area contributed by atoms with E-state index >= 15 is 0 Å². The Hall–Kier alpha value is -0.980. The first-order valence-corrected chi connectivity index (χ1v) is 4.15. The fourth-order valence-corrected chi connectivity index (χ4v) is 1.10. The molecule has 0 bridgehead atoms. The van der Waals surface area contributed by atoms with Gasteiger partial charge < -0.3 is 15.6 Å². The summed E-state index contributed by atoms with van der Waals surface area (Å²) in [6, 6.07) is 4.56. The van der Waals surface area contributed by atoms with E-state index in [1.165, 1.54) is 18.2 Å². The van der Waals surface area contributed by atoms with Crippen molar-refractivity contribution in [3.05, 3.63) is 29.8 Å². The van der Waals surface area contributed by atoms with Gasteiger partial charge in [-0.15, -0.1) is 25.6 Å². The summed E-state index contributed by atoms with van der Waals surface area (Å²) in [6.07, 6.45) is -4.76. The lowest BCUT2D eigenvalue weighted by atomic mass is 10.1. The van der Waals surface area contributed by atoms with E-state index in [1.54, 1.807) is 0 Å². The number of aliphatic hydroxyl groups excluding tert-OH is 1. The molecule has 1 aromatic carbocycles. The van der Waals surface area contributed by atoms with Gasteiger partial charge in [0.1, 0.15) is 5.75 Å². The molecular formula is C9H11ClF3NO2. The van der Waals surface area contributed by atoms with Crippen molar-refractivity contribution < 1.29 is 23.0 Å². The van der Waals surface area contributed by atoms with Crippen LogP contribution in [-0.4, -0.2) is 18.1 Å². The molecule has 0 aliphatic rings. The third-order valence-corrected chi connectivity index (χ3v) is 1.74. The van der Waals surface area contributed by atoms with Crippen molar-refractivity contribution in [3.63, 3.8) is 0 Å².